The van der Waals surface area contributed by atoms with E-state index in [2.05, 4.69) is 4.98 Å². The van der Waals surface area contributed by atoms with Crippen LogP contribution < -0.4 is 15.0 Å². The summed E-state index contributed by atoms with van der Waals surface area (Å²) in [6.45, 7) is 0.570. The second-order valence-electron chi connectivity index (χ2n) is 7.06. The molecule has 0 bridgehead atoms. The van der Waals surface area contributed by atoms with E-state index in [1.54, 1.807) is 31.3 Å². The van der Waals surface area contributed by atoms with Crippen LogP contribution in [0.2, 0.25) is 0 Å². The highest BCUT2D eigenvalue weighted by atomic mass is 32.1. The summed E-state index contributed by atoms with van der Waals surface area (Å²) in [6, 6.07) is 18.6. The third-order valence-corrected chi connectivity index (χ3v) is 5.90. The summed E-state index contributed by atoms with van der Waals surface area (Å²) in [5, 5.41) is 2.75. The topological polar surface area (TPSA) is 71.6 Å². The molecule has 6 nitrogen and oxygen atoms in total. The summed E-state index contributed by atoms with van der Waals surface area (Å²) >= 11 is 1.39. The average molecular weight is 435 g/mol. The van der Waals surface area contributed by atoms with Gasteiger partial charge in [-0.1, -0.05) is 18.2 Å². The number of aromatic amines is 1. The van der Waals surface area contributed by atoms with Crippen LogP contribution in [0.25, 0.3) is 10.9 Å². The Bertz CT molecular complexity index is 1250. The van der Waals surface area contributed by atoms with Crippen molar-refractivity contribution in [2.75, 3.05) is 14.2 Å². The van der Waals surface area contributed by atoms with Crippen LogP contribution in [-0.4, -0.2) is 30.0 Å². The Morgan fingerprint density at radius 3 is 2.39 bits per heavy atom. The lowest BCUT2D eigenvalue weighted by molar-refractivity contribution is 0.0734. The maximum Gasteiger partial charge on any atom is 0.264 e. The van der Waals surface area contributed by atoms with Crippen LogP contribution in [0, 0.1) is 0 Å². The lowest BCUT2D eigenvalue weighted by Gasteiger charge is -2.22. The Hall–Kier alpha value is -3.58. The highest BCUT2D eigenvalue weighted by Crippen LogP contribution is 2.21. The number of H-pyrrole nitrogens is 1. The minimum atomic E-state index is -0.223. The van der Waals surface area contributed by atoms with Gasteiger partial charge in [-0.3, -0.25) is 9.59 Å². The second-order valence-corrected chi connectivity index (χ2v) is 8.01. The van der Waals surface area contributed by atoms with Gasteiger partial charge in [0.15, 0.2) is 0 Å². The molecular weight excluding hydrogens is 412 g/mol. The molecule has 4 aromatic rings. The highest BCUT2D eigenvalue weighted by molar-refractivity contribution is 7.12. The Kier molecular flexibility index (Phi) is 6.04. The number of hydrogen-bond donors (Lipinski definition) is 1. The van der Waals surface area contributed by atoms with Crippen molar-refractivity contribution in [2.45, 2.75) is 13.1 Å². The van der Waals surface area contributed by atoms with Crippen molar-refractivity contribution in [3.63, 3.8) is 0 Å². The number of benzene rings is 2. The number of carbonyl (C=O) groups excluding carboxylic acids is 1. The SMILES string of the molecule is COc1ccc(CN(Cc2cc3ccc(OC)cc3[nH]c2=O)C(=O)c2cccs2)cc1. The molecule has 2 aromatic heterocycles. The molecule has 1 N–H and O–H groups in total. The van der Waals surface area contributed by atoms with Crippen molar-refractivity contribution in [3.8, 4) is 11.5 Å². The van der Waals surface area contributed by atoms with Gasteiger partial charge in [-0.15, -0.1) is 11.3 Å². The summed E-state index contributed by atoms with van der Waals surface area (Å²) in [5.41, 5.74) is 1.95. The van der Waals surface area contributed by atoms with Crippen molar-refractivity contribution < 1.29 is 14.3 Å². The molecule has 0 radical (unpaired) electrons. The van der Waals surface area contributed by atoms with Gasteiger partial charge >= 0.3 is 0 Å². The van der Waals surface area contributed by atoms with E-state index in [1.807, 2.05) is 53.9 Å². The van der Waals surface area contributed by atoms with Crippen molar-refractivity contribution in [2.24, 2.45) is 0 Å². The number of aromatic nitrogens is 1. The van der Waals surface area contributed by atoms with E-state index in [1.165, 1.54) is 11.3 Å². The number of ether oxygens (including phenoxy) is 2. The van der Waals surface area contributed by atoms with Crippen molar-refractivity contribution in [3.05, 3.63) is 92.4 Å². The van der Waals surface area contributed by atoms with Gasteiger partial charge < -0.3 is 19.4 Å². The maximum absolute atomic E-state index is 13.2. The first kappa shape index (κ1) is 20.7. The van der Waals surface area contributed by atoms with E-state index < -0.39 is 0 Å². The minimum Gasteiger partial charge on any atom is -0.497 e. The number of methoxy groups -OCH3 is 2. The smallest absolute Gasteiger partial charge is 0.264 e. The standard InChI is InChI=1S/C24H22N2O4S/c1-29-19-8-5-16(6-9-19)14-26(24(28)22-4-3-11-31-22)15-18-12-17-7-10-20(30-2)13-21(17)25-23(18)27/h3-13H,14-15H2,1-2H3,(H,25,27). The van der Waals surface area contributed by atoms with Gasteiger partial charge in [0, 0.05) is 18.2 Å². The lowest BCUT2D eigenvalue weighted by atomic mass is 10.1. The molecule has 0 aliphatic rings. The Morgan fingerprint density at radius 1 is 0.968 bits per heavy atom. The van der Waals surface area contributed by atoms with Gasteiger partial charge in [0.05, 0.1) is 31.2 Å². The quantitative estimate of drug-likeness (QED) is 0.467. The Morgan fingerprint density at radius 2 is 1.71 bits per heavy atom. The molecule has 0 fully saturated rings. The fourth-order valence-electron chi connectivity index (χ4n) is 3.38. The van der Waals surface area contributed by atoms with Gasteiger partial charge in [0.25, 0.3) is 11.5 Å². The predicted molar refractivity (Wildman–Crippen MR) is 122 cm³/mol. The molecule has 0 atom stereocenters. The lowest BCUT2D eigenvalue weighted by Crippen LogP contribution is -2.32. The van der Waals surface area contributed by atoms with Crippen LogP contribution in [0.3, 0.4) is 0 Å². The van der Waals surface area contributed by atoms with Crippen molar-refractivity contribution >= 4 is 28.1 Å². The van der Waals surface area contributed by atoms with Gasteiger partial charge in [-0.05, 0) is 52.7 Å². The molecule has 0 saturated heterocycles. The van der Waals surface area contributed by atoms with Gasteiger partial charge in [0.2, 0.25) is 0 Å². The van der Waals surface area contributed by atoms with Gasteiger partial charge in [-0.25, -0.2) is 0 Å². The maximum atomic E-state index is 13.2. The number of nitrogens with zero attached hydrogens (tertiary/aromatic N) is 1. The van der Waals surface area contributed by atoms with Crippen LogP contribution in [0.5, 0.6) is 11.5 Å². The molecule has 0 saturated carbocycles. The fraction of sp³-hybridized carbons (Fsp3) is 0.167. The largest absolute Gasteiger partial charge is 0.497 e. The van der Waals surface area contributed by atoms with E-state index in [0.717, 1.165) is 16.7 Å². The number of nitrogens with one attached hydrogen (secondary N) is 1. The molecule has 2 heterocycles. The third kappa shape index (κ3) is 4.62. The van der Waals surface area contributed by atoms with Crippen LogP contribution in [0.4, 0.5) is 0 Å². The monoisotopic (exact) mass is 434 g/mol. The zero-order valence-electron chi connectivity index (χ0n) is 17.3. The van der Waals surface area contributed by atoms with E-state index in [0.29, 0.717) is 28.3 Å². The molecular formula is C24H22N2O4S. The summed E-state index contributed by atoms with van der Waals surface area (Å²) in [6.07, 6.45) is 0. The minimum absolute atomic E-state index is 0.111. The molecule has 2 aromatic carbocycles. The first-order valence-electron chi connectivity index (χ1n) is 9.73. The normalized spacial score (nSPS) is 10.8. The predicted octanol–water partition coefficient (Wildman–Crippen LogP) is 4.45. The number of hydrogen-bond acceptors (Lipinski definition) is 5. The molecule has 7 heteroatoms. The van der Waals surface area contributed by atoms with Crippen LogP contribution in [-0.2, 0) is 13.1 Å². The van der Waals surface area contributed by atoms with Gasteiger partial charge in [0.1, 0.15) is 11.5 Å². The van der Waals surface area contributed by atoms with Crippen LogP contribution in [0.15, 0.2) is 70.8 Å². The summed E-state index contributed by atoms with van der Waals surface area (Å²) in [7, 11) is 3.20. The molecule has 158 valence electrons. The molecule has 4 rings (SSSR count). The third-order valence-electron chi connectivity index (χ3n) is 5.04. The summed E-state index contributed by atoms with van der Waals surface area (Å²) in [5.74, 6) is 1.31. The molecule has 0 spiro atoms. The number of fused-ring (bicyclic) bond motifs is 1. The number of thiophene rings is 1. The number of rotatable bonds is 7. The molecule has 0 aliphatic heterocycles. The number of amides is 1. The summed E-state index contributed by atoms with van der Waals surface area (Å²) in [4.78, 5) is 31.2. The summed E-state index contributed by atoms with van der Waals surface area (Å²) < 4.78 is 10.4. The van der Waals surface area contributed by atoms with Crippen molar-refractivity contribution in [1.29, 1.82) is 0 Å². The van der Waals surface area contributed by atoms with E-state index in [-0.39, 0.29) is 18.0 Å². The first-order valence-corrected chi connectivity index (χ1v) is 10.6. The van der Waals surface area contributed by atoms with Crippen LogP contribution in [0.1, 0.15) is 20.8 Å². The zero-order valence-corrected chi connectivity index (χ0v) is 18.1. The second kappa shape index (κ2) is 9.06. The first-order chi connectivity index (χ1) is 15.1. The number of carbonyl (C=O) groups is 1. The molecule has 0 unspecified atom stereocenters. The fourth-order valence-corrected chi connectivity index (χ4v) is 4.07. The Balaban J connectivity index is 1.67. The zero-order chi connectivity index (χ0) is 21.8. The van der Waals surface area contributed by atoms with E-state index >= 15 is 0 Å². The van der Waals surface area contributed by atoms with E-state index in [9.17, 15) is 9.59 Å². The van der Waals surface area contributed by atoms with Gasteiger partial charge in [-0.2, -0.15) is 0 Å². The van der Waals surface area contributed by atoms with Crippen molar-refractivity contribution in [1.82, 2.24) is 9.88 Å². The molecule has 0 aliphatic carbocycles. The number of pyridine rings is 1. The van der Waals surface area contributed by atoms with Crippen LogP contribution >= 0.6 is 11.3 Å². The average Bonchev–Trinajstić information content (AvgIpc) is 3.33. The highest BCUT2D eigenvalue weighted by Gasteiger charge is 2.19. The molecule has 31 heavy (non-hydrogen) atoms. The molecule has 1 amide bonds. The Labute approximate surface area is 183 Å². The van der Waals surface area contributed by atoms with E-state index in [4.69, 9.17) is 9.47 Å².